The lowest BCUT2D eigenvalue weighted by molar-refractivity contribution is -0.178. The summed E-state index contributed by atoms with van der Waals surface area (Å²) in [6, 6.07) is 0. The largest absolute Gasteiger partial charge is 0.468 e. The third-order valence-electron chi connectivity index (χ3n) is 1.52. The molecule has 0 aromatic heterocycles. The van der Waals surface area contributed by atoms with Crippen LogP contribution in [0.15, 0.2) is 0 Å². The van der Waals surface area contributed by atoms with Crippen LogP contribution >= 0.6 is 0 Å². The van der Waals surface area contributed by atoms with Crippen LogP contribution in [0.3, 0.4) is 0 Å². The van der Waals surface area contributed by atoms with Gasteiger partial charge in [-0.1, -0.05) is 0 Å². The van der Waals surface area contributed by atoms with Crippen molar-refractivity contribution in [2.75, 3.05) is 14.2 Å². The molecule has 0 saturated carbocycles. The number of carbonyl (C=O) groups is 2. The van der Waals surface area contributed by atoms with Gasteiger partial charge in [0.05, 0.1) is 7.11 Å². The second-order valence-electron chi connectivity index (χ2n) is 2.49. The van der Waals surface area contributed by atoms with Crippen LogP contribution in [0, 0.1) is 5.92 Å². The summed E-state index contributed by atoms with van der Waals surface area (Å²) in [4.78, 5) is 22.0. The first-order chi connectivity index (χ1) is 6.02. The highest BCUT2D eigenvalue weighted by atomic mass is 16.7. The molecule has 0 spiro atoms. The lowest BCUT2D eigenvalue weighted by Gasteiger charge is -2.13. The topological polar surface area (TPSA) is 61.8 Å². The van der Waals surface area contributed by atoms with E-state index >= 15 is 0 Å². The molecule has 0 heterocycles. The molecule has 13 heavy (non-hydrogen) atoms. The van der Waals surface area contributed by atoms with Gasteiger partial charge in [-0.25, -0.2) is 0 Å². The molecule has 0 amide bonds. The van der Waals surface area contributed by atoms with Crippen LogP contribution in [0.2, 0.25) is 0 Å². The second-order valence-corrected chi connectivity index (χ2v) is 2.49. The molecule has 0 radical (unpaired) electrons. The molecule has 0 saturated heterocycles. The van der Waals surface area contributed by atoms with Gasteiger partial charge in [0.25, 0.3) is 0 Å². The predicted molar refractivity (Wildman–Crippen MR) is 43.7 cm³/mol. The average molecular weight is 190 g/mol. The zero-order valence-corrected chi connectivity index (χ0v) is 8.20. The van der Waals surface area contributed by atoms with Crippen LogP contribution < -0.4 is 0 Å². The number of esters is 2. The quantitative estimate of drug-likeness (QED) is 0.363. The summed E-state index contributed by atoms with van der Waals surface area (Å²) in [6.07, 6.45) is -0.653. The van der Waals surface area contributed by atoms with Crippen molar-refractivity contribution in [3.8, 4) is 0 Å². The average Bonchev–Trinajstić information content (AvgIpc) is 2.14. The molecule has 0 aliphatic rings. The Morgan fingerprint density at radius 1 is 1.08 bits per heavy atom. The molecule has 2 unspecified atom stereocenters. The second kappa shape index (κ2) is 5.53. The van der Waals surface area contributed by atoms with Crippen LogP contribution in [-0.4, -0.2) is 32.4 Å². The number of hydrogen-bond acceptors (Lipinski definition) is 5. The fraction of sp³-hybridized carbons (Fsp3) is 0.750. The molecular formula is C8H14O5. The number of methoxy groups -OCH3 is 2. The highest BCUT2D eigenvalue weighted by Gasteiger charge is 2.25. The van der Waals surface area contributed by atoms with Gasteiger partial charge < -0.3 is 14.2 Å². The maximum atomic E-state index is 11.1. The van der Waals surface area contributed by atoms with Crippen LogP contribution in [0.4, 0.5) is 0 Å². The van der Waals surface area contributed by atoms with Gasteiger partial charge >= 0.3 is 11.9 Å². The van der Waals surface area contributed by atoms with E-state index in [9.17, 15) is 9.59 Å². The van der Waals surface area contributed by atoms with E-state index in [4.69, 9.17) is 4.74 Å². The Hall–Kier alpha value is -1.10. The van der Waals surface area contributed by atoms with Crippen LogP contribution in [0.25, 0.3) is 0 Å². The molecule has 0 aromatic rings. The smallest absolute Gasteiger partial charge is 0.322 e. The summed E-state index contributed by atoms with van der Waals surface area (Å²) >= 11 is 0. The molecule has 0 aliphatic heterocycles. The van der Waals surface area contributed by atoms with Gasteiger partial charge in [0.2, 0.25) is 0 Å². The predicted octanol–water partition coefficient (Wildman–Crippen LogP) is 0.331. The van der Waals surface area contributed by atoms with E-state index < -0.39 is 24.1 Å². The first-order valence-corrected chi connectivity index (χ1v) is 3.84. The maximum Gasteiger partial charge on any atom is 0.322 e. The molecule has 0 fully saturated rings. The van der Waals surface area contributed by atoms with E-state index in [1.54, 1.807) is 6.92 Å². The van der Waals surface area contributed by atoms with E-state index in [2.05, 4.69) is 9.47 Å². The van der Waals surface area contributed by atoms with Gasteiger partial charge in [0, 0.05) is 7.11 Å². The molecule has 0 aromatic carbocycles. The van der Waals surface area contributed by atoms with E-state index in [1.807, 2.05) is 0 Å². The van der Waals surface area contributed by atoms with Crippen molar-refractivity contribution >= 4 is 11.9 Å². The van der Waals surface area contributed by atoms with E-state index in [-0.39, 0.29) is 0 Å². The monoisotopic (exact) mass is 190 g/mol. The molecule has 0 rings (SSSR count). The minimum atomic E-state index is -0.914. The van der Waals surface area contributed by atoms with Gasteiger partial charge in [-0.15, -0.1) is 0 Å². The van der Waals surface area contributed by atoms with Crippen LogP contribution in [-0.2, 0) is 23.8 Å². The van der Waals surface area contributed by atoms with Crippen molar-refractivity contribution in [2.24, 2.45) is 5.92 Å². The first kappa shape index (κ1) is 11.9. The SMILES string of the molecule is COC(=O)C(C)C(=O)OC(C)OC. The molecule has 5 nitrogen and oxygen atoms in total. The Kier molecular flexibility index (Phi) is 5.06. The number of rotatable bonds is 4. The molecule has 0 bridgehead atoms. The summed E-state index contributed by atoms with van der Waals surface area (Å²) in [5.41, 5.74) is 0. The van der Waals surface area contributed by atoms with E-state index in [0.29, 0.717) is 0 Å². The van der Waals surface area contributed by atoms with Crippen LogP contribution in [0.1, 0.15) is 13.8 Å². The fourth-order valence-electron chi connectivity index (χ4n) is 0.587. The van der Waals surface area contributed by atoms with Crippen molar-refractivity contribution in [1.82, 2.24) is 0 Å². The van der Waals surface area contributed by atoms with E-state index in [0.717, 1.165) is 0 Å². The normalized spacial score (nSPS) is 14.5. The summed E-state index contributed by atoms with van der Waals surface area (Å²) in [5, 5.41) is 0. The van der Waals surface area contributed by atoms with Crippen LogP contribution in [0.5, 0.6) is 0 Å². The zero-order valence-electron chi connectivity index (χ0n) is 8.20. The Labute approximate surface area is 77.0 Å². The van der Waals surface area contributed by atoms with E-state index in [1.165, 1.54) is 21.1 Å². The highest BCUT2D eigenvalue weighted by Crippen LogP contribution is 2.03. The lowest BCUT2D eigenvalue weighted by atomic mass is 10.2. The Morgan fingerprint density at radius 2 is 1.62 bits per heavy atom. The van der Waals surface area contributed by atoms with Crippen molar-refractivity contribution in [2.45, 2.75) is 20.1 Å². The summed E-state index contributed by atoms with van der Waals surface area (Å²) in [5.74, 6) is -2.18. The Morgan fingerprint density at radius 3 is 2.00 bits per heavy atom. The molecule has 2 atom stereocenters. The molecule has 0 aliphatic carbocycles. The highest BCUT2D eigenvalue weighted by molar-refractivity contribution is 5.94. The lowest BCUT2D eigenvalue weighted by Crippen LogP contribution is -2.28. The van der Waals surface area contributed by atoms with Gasteiger partial charge in [-0.2, -0.15) is 0 Å². The van der Waals surface area contributed by atoms with Gasteiger partial charge in [-0.3, -0.25) is 9.59 Å². The minimum Gasteiger partial charge on any atom is -0.468 e. The standard InChI is InChI=1S/C8H14O5/c1-5(7(9)12-4)8(10)13-6(2)11-3/h5-6H,1-4H3. The third-order valence-corrected chi connectivity index (χ3v) is 1.52. The first-order valence-electron chi connectivity index (χ1n) is 3.84. The number of ether oxygens (including phenoxy) is 3. The van der Waals surface area contributed by atoms with Crippen molar-refractivity contribution in [1.29, 1.82) is 0 Å². The summed E-state index contributed by atoms with van der Waals surface area (Å²) in [6.45, 7) is 2.97. The summed E-state index contributed by atoms with van der Waals surface area (Å²) in [7, 11) is 2.62. The molecule has 5 heteroatoms. The Balaban J connectivity index is 4.03. The minimum absolute atomic E-state index is 0.617. The van der Waals surface area contributed by atoms with Gasteiger partial charge in [0.15, 0.2) is 12.2 Å². The van der Waals surface area contributed by atoms with Gasteiger partial charge in [-0.05, 0) is 13.8 Å². The molecular weight excluding hydrogens is 176 g/mol. The fourth-order valence-corrected chi connectivity index (χ4v) is 0.587. The Bertz CT molecular complexity index is 189. The zero-order chi connectivity index (χ0) is 10.4. The summed E-state index contributed by atoms with van der Waals surface area (Å²) < 4.78 is 13.8. The van der Waals surface area contributed by atoms with Gasteiger partial charge in [0.1, 0.15) is 0 Å². The molecule has 76 valence electrons. The third kappa shape index (κ3) is 3.89. The number of hydrogen-bond donors (Lipinski definition) is 0. The number of carbonyl (C=O) groups excluding carboxylic acids is 2. The maximum absolute atomic E-state index is 11.1. The van der Waals surface area contributed by atoms with Crippen molar-refractivity contribution < 1.29 is 23.8 Å². The van der Waals surface area contributed by atoms with Crippen molar-refractivity contribution in [3.63, 3.8) is 0 Å². The van der Waals surface area contributed by atoms with Crippen molar-refractivity contribution in [3.05, 3.63) is 0 Å². The molecule has 0 N–H and O–H groups in total.